The van der Waals surface area contributed by atoms with Crippen molar-refractivity contribution in [2.75, 3.05) is 26.3 Å². The zero-order valence-electron chi connectivity index (χ0n) is 11.4. The van der Waals surface area contributed by atoms with Crippen molar-refractivity contribution in [2.24, 2.45) is 17.8 Å². The van der Waals surface area contributed by atoms with Gasteiger partial charge in [-0.25, -0.2) is 0 Å². The highest BCUT2D eigenvalue weighted by atomic mass is 16.5. The Hall–Kier alpha value is -0.0800. The van der Waals surface area contributed by atoms with Crippen LogP contribution < -0.4 is 5.32 Å². The van der Waals surface area contributed by atoms with Gasteiger partial charge in [-0.3, -0.25) is 0 Å². The lowest BCUT2D eigenvalue weighted by molar-refractivity contribution is 0.0144. The normalized spacial score (nSPS) is 35.5. The molecule has 2 fully saturated rings. The van der Waals surface area contributed by atoms with E-state index in [2.05, 4.69) is 12.2 Å². The molecule has 0 spiro atoms. The second-order valence-electron chi connectivity index (χ2n) is 5.85. The smallest absolute Gasteiger partial charge is 0.0497 e. The van der Waals surface area contributed by atoms with Gasteiger partial charge >= 0.3 is 0 Å². The van der Waals surface area contributed by atoms with Crippen molar-refractivity contribution in [3.63, 3.8) is 0 Å². The molecule has 1 aliphatic heterocycles. The monoisotopic (exact) mass is 239 g/mol. The molecule has 0 aromatic rings. The molecule has 2 rings (SSSR count). The van der Waals surface area contributed by atoms with E-state index in [-0.39, 0.29) is 0 Å². The van der Waals surface area contributed by atoms with E-state index in [1.54, 1.807) is 0 Å². The minimum absolute atomic E-state index is 0.852. The van der Waals surface area contributed by atoms with Gasteiger partial charge in [0.05, 0.1) is 0 Å². The summed E-state index contributed by atoms with van der Waals surface area (Å²) >= 11 is 0. The number of hydrogen-bond donors (Lipinski definition) is 1. The zero-order valence-corrected chi connectivity index (χ0v) is 11.4. The highest BCUT2D eigenvalue weighted by molar-refractivity contribution is 4.82. The molecule has 0 amide bonds. The maximum Gasteiger partial charge on any atom is 0.0497 e. The summed E-state index contributed by atoms with van der Waals surface area (Å²) in [7, 11) is 0. The molecular weight excluding hydrogens is 210 g/mol. The van der Waals surface area contributed by atoms with Gasteiger partial charge < -0.3 is 10.1 Å². The summed E-state index contributed by atoms with van der Waals surface area (Å²) in [6.07, 6.45) is 9.93. The van der Waals surface area contributed by atoms with Gasteiger partial charge in [0.25, 0.3) is 0 Å². The maximum absolute atomic E-state index is 5.71. The molecule has 17 heavy (non-hydrogen) atoms. The number of nitrogens with one attached hydrogen (secondary N) is 1. The largest absolute Gasteiger partial charge is 0.381 e. The molecule has 1 saturated carbocycles. The Morgan fingerprint density at radius 2 is 1.94 bits per heavy atom. The molecule has 0 aromatic heterocycles. The van der Waals surface area contributed by atoms with Crippen LogP contribution in [0.4, 0.5) is 0 Å². The van der Waals surface area contributed by atoms with Gasteiger partial charge in [-0.2, -0.15) is 0 Å². The third kappa shape index (κ3) is 3.96. The molecule has 0 radical (unpaired) electrons. The fourth-order valence-corrected chi connectivity index (χ4v) is 3.72. The van der Waals surface area contributed by atoms with Crippen molar-refractivity contribution in [1.82, 2.24) is 5.32 Å². The van der Waals surface area contributed by atoms with E-state index >= 15 is 0 Å². The fourth-order valence-electron chi connectivity index (χ4n) is 3.72. The lowest BCUT2D eigenvalue weighted by Crippen LogP contribution is -2.35. The van der Waals surface area contributed by atoms with Crippen LogP contribution in [0.2, 0.25) is 0 Å². The van der Waals surface area contributed by atoms with Gasteiger partial charge in [0, 0.05) is 13.2 Å². The van der Waals surface area contributed by atoms with Crippen LogP contribution in [-0.4, -0.2) is 26.3 Å². The Kier molecular flexibility index (Phi) is 5.79. The van der Waals surface area contributed by atoms with E-state index in [1.165, 1.54) is 51.5 Å². The van der Waals surface area contributed by atoms with Crippen molar-refractivity contribution in [1.29, 1.82) is 0 Å². The van der Waals surface area contributed by atoms with Crippen molar-refractivity contribution < 1.29 is 4.74 Å². The lowest BCUT2D eigenvalue weighted by Gasteiger charge is -2.35. The van der Waals surface area contributed by atoms with E-state index in [0.717, 1.165) is 37.5 Å². The minimum Gasteiger partial charge on any atom is -0.381 e. The molecule has 1 saturated heterocycles. The molecule has 1 aliphatic carbocycles. The summed E-state index contributed by atoms with van der Waals surface area (Å²) < 4.78 is 5.71. The van der Waals surface area contributed by atoms with Crippen molar-refractivity contribution in [3.8, 4) is 0 Å². The first-order valence-electron chi connectivity index (χ1n) is 7.70. The van der Waals surface area contributed by atoms with Gasteiger partial charge in [-0.15, -0.1) is 0 Å². The first kappa shape index (κ1) is 13.4. The predicted octanol–water partition coefficient (Wildman–Crippen LogP) is 3.22. The van der Waals surface area contributed by atoms with E-state index in [0.29, 0.717) is 0 Å². The van der Waals surface area contributed by atoms with Crippen molar-refractivity contribution in [3.05, 3.63) is 0 Å². The van der Waals surface area contributed by atoms with Crippen LogP contribution >= 0.6 is 0 Å². The molecule has 2 aliphatic rings. The summed E-state index contributed by atoms with van der Waals surface area (Å²) in [6, 6.07) is 0. The minimum atomic E-state index is 0.852. The second kappa shape index (κ2) is 7.38. The van der Waals surface area contributed by atoms with Crippen LogP contribution in [0.25, 0.3) is 0 Å². The molecular formula is C15H29NO. The van der Waals surface area contributed by atoms with E-state index in [4.69, 9.17) is 4.74 Å². The maximum atomic E-state index is 5.71. The Bertz CT molecular complexity index is 201. The zero-order chi connectivity index (χ0) is 11.9. The van der Waals surface area contributed by atoms with Crippen LogP contribution in [0.5, 0.6) is 0 Å². The number of rotatable bonds is 4. The molecule has 3 unspecified atom stereocenters. The molecule has 1 heterocycles. The van der Waals surface area contributed by atoms with Crippen LogP contribution in [0.15, 0.2) is 0 Å². The third-order valence-electron chi connectivity index (χ3n) is 4.68. The summed E-state index contributed by atoms with van der Waals surface area (Å²) in [4.78, 5) is 0. The van der Waals surface area contributed by atoms with Gasteiger partial charge in [0.15, 0.2) is 0 Å². The number of hydrogen-bond acceptors (Lipinski definition) is 2. The molecule has 3 atom stereocenters. The van der Waals surface area contributed by atoms with E-state index in [1.807, 2.05) is 0 Å². The highest BCUT2D eigenvalue weighted by Crippen LogP contribution is 2.37. The topological polar surface area (TPSA) is 21.3 Å². The summed E-state index contributed by atoms with van der Waals surface area (Å²) in [6.45, 7) is 6.60. The van der Waals surface area contributed by atoms with Crippen LogP contribution in [-0.2, 0) is 4.74 Å². The molecule has 100 valence electrons. The summed E-state index contributed by atoms with van der Waals surface area (Å²) in [5.41, 5.74) is 0. The van der Waals surface area contributed by atoms with Crippen molar-refractivity contribution >= 4 is 0 Å². The quantitative estimate of drug-likeness (QED) is 0.761. The average molecular weight is 239 g/mol. The molecule has 2 heteroatoms. The van der Waals surface area contributed by atoms with Gasteiger partial charge in [-0.05, 0) is 56.5 Å². The van der Waals surface area contributed by atoms with Crippen molar-refractivity contribution in [2.45, 2.75) is 51.9 Å². The molecule has 0 aromatic carbocycles. The SMILES string of the molecule is CCNCC1CCCCCC1C1CCCOC1. The third-order valence-corrected chi connectivity index (χ3v) is 4.68. The second-order valence-corrected chi connectivity index (χ2v) is 5.85. The highest BCUT2D eigenvalue weighted by Gasteiger charge is 2.31. The molecule has 2 nitrogen and oxygen atoms in total. The first-order valence-corrected chi connectivity index (χ1v) is 7.70. The molecule has 0 bridgehead atoms. The van der Waals surface area contributed by atoms with Gasteiger partial charge in [-0.1, -0.05) is 26.2 Å². The van der Waals surface area contributed by atoms with Crippen LogP contribution in [0.3, 0.4) is 0 Å². The Morgan fingerprint density at radius 3 is 2.71 bits per heavy atom. The van der Waals surface area contributed by atoms with E-state index in [9.17, 15) is 0 Å². The Morgan fingerprint density at radius 1 is 1.06 bits per heavy atom. The van der Waals surface area contributed by atoms with E-state index < -0.39 is 0 Å². The summed E-state index contributed by atoms with van der Waals surface area (Å²) in [5, 5.41) is 3.57. The predicted molar refractivity (Wildman–Crippen MR) is 72.2 cm³/mol. The molecule has 1 N–H and O–H groups in total. The first-order chi connectivity index (χ1) is 8.42. The fraction of sp³-hybridized carbons (Fsp3) is 1.00. The Balaban J connectivity index is 1.92. The Labute approximate surface area is 107 Å². The standard InChI is InChI=1S/C15H29NO/c1-2-16-11-13-7-4-3-5-9-15(13)14-8-6-10-17-12-14/h13-16H,2-12H2,1H3. The number of ether oxygens (including phenoxy) is 1. The average Bonchev–Trinajstić information content (AvgIpc) is 2.62. The van der Waals surface area contributed by atoms with Gasteiger partial charge in [0.2, 0.25) is 0 Å². The van der Waals surface area contributed by atoms with Crippen LogP contribution in [0.1, 0.15) is 51.9 Å². The van der Waals surface area contributed by atoms with Gasteiger partial charge in [0.1, 0.15) is 0 Å². The lowest BCUT2D eigenvalue weighted by atomic mass is 9.76. The summed E-state index contributed by atoms with van der Waals surface area (Å²) in [5.74, 6) is 2.69. The van der Waals surface area contributed by atoms with Crippen LogP contribution in [0, 0.1) is 17.8 Å².